The van der Waals surface area contributed by atoms with Crippen molar-refractivity contribution in [3.05, 3.63) is 12.0 Å². The van der Waals surface area contributed by atoms with Crippen LogP contribution in [-0.2, 0) is 0 Å². The maximum Gasteiger partial charge on any atom is 0.127 e. The van der Waals surface area contributed by atoms with Crippen molar-refractivity contribution in [3.8, 4) is 0 Å². The third-order valence-electron chi connectivity index (χ3n) is 4.29. The second-order valence-electron chi connectivity index (χ2n) is 5.70. The number of hydrogen-bond acceptors (Lipinski definition) is 2. The Morgan fingerprint density at radius 3 is 2.29 bits per heavy atom. The summed E-state index contributed by atoms with van der Waals surface area (Å²) in [6, 6.07) is 0.657. The Bertz CT molecular complexity index is 371. The average molecular weight is 233 g/mol. The van der Waals surface area contributed by atoms with Crippen LogP contribution in [0.5, 0.6) is 0 Å². The standard InChI is InChI=1S/C14H23N3/c15-14-13(16-10-17(14)12-8-9-12)11-6-4-2-1-3-5-7-11/h10-12H,1-9,15H2. The van der Waals surface area contributed by atoms with Crippen LogP contribution in [0.25, 0.3) is 0 Å². The van der Waals surface area contributed by atoms with E-state index in [1.165, 1.54) is 63.5 Å². The molecule has 94 valence electrons. The Hall–Kier alpha value is -0.990. The molecule has 2 aliphatic rings. The third-order valence-corrected chi connectivity index (χ3v) is 4.29. The van der Waals surface area contributed by atoms with Crippen LogP contribution in [-0.4, -0.2) is 9.55 Å². The van der Waals surface area contributed by atoms with E-state index >= 15 is 0 Å². The molecule has 0 aliphatic heterocycles. The topological polar surface area (TPSA) is 43.8 Å². The summed E-state index contributed by atoms with van der Waals surface area (Å²) in [6.45, 7) is 0. The summed E-state index contributed by atoms with van der Waals surface area (Å²) in [4.78, 5) is 4.61. The summed E-state index contributed by atoms with van der Waals surface area (Å²) in [5.41, 5.74) is 7.46. The maximum absolute atomic E-state index is 6.27. The first-order chi connectivity index (χ1) is 8.36. The largest absolute Gasteiger partial charge is 0.384 e. The Balaban J connectivity index is 1.76. The average Bonchev–Trinajstić information content (AvgIpc) is 3.04. The van der Waals surface area contributed by atoms with Crippen LogP contribution in [0.3, 0.4) is 0 Å². The molecule has 0 radical (unpaired) electrons. The van der Waals surface area contributed by atoms with Gasteiger partial charge in [0, 0.05) is 12.0 Å². The minimum absolute atomic E-state index is 0.621. The molecule has 1 aromatic heterocycles. The van der Waals surface area contributed by atoms with E-state index in [9.17, 15) is 0 Å². The van der Waals surface area contributed by atoms with Crippen LogP contribution in [0.2, 0.25) is 0 Å². The first-order valence-corrected chi connectivity index (χ1v) is 7.18. The third kappa shape index (κ3) is 2.33. The number of nitrogens with two attached hydrogens (primary N) is 1. The van der Waals surface area contributed by atoms with Crippen LogP contribution < -0.4 is 5.73 Å². The van der Waals surface area contributed by atoms with Crippen molar-refractivity contribution in [2.24, 2.45) is 0 Å². The quantitative estimate of drug-likeness (QED) is 0.847. The second-order valence-corrected chi connectivity index (χ2v) is 5.70. The molecule has 2 N–H and O–H groups in total. The van der Waals surface area contributed by atoms with Crippen molar-refractivity contribution < 1.29 is 0 Å². The molecule has 1 aromatic rings. The molecule has 0 aromatic carbocycles. The number of nitrogens with zero attached hydrogens (tertiary/aromatic N) is 2. The van der Waals surface area contributed by atoms with Crippen molar-refractivity contribution in [3.63, 3.8) is 0 Å². The molecule has 0 spiro atoms. The minimum atomic E-state index is 0.621. The monoisotopic (exact) mass is 233 g/mol. The molecule has 2 fully saturated rings. The maximum atomic E-state index is 6.27. The van der Waals surface area contributed by atoms with Crippen LogP contribution in [0.4, 0.5) is 5.82 Å². The molecule has 2 aliphatic carbocycles. The fourth-order valence-electron chi connectivity index (χ4n) is 3.07. The fourth-order valence-corrected chi connectivity index (χ4v) is 3.07. The zero-order chi connectivity index (χ0) is 11.7. The number of aromatic nitrogens is 2. The Labute approximate surface area is 103 Å². The molecular weight excluding hydrogens is 210 g/mol. The van der Waals surface area contributed by atoms with Gasteiger partial charge in [0.2, 0.25) is 0 Å². The molecule has 0 unspecified atom stereocenters. The Morgan fingerprint density at radius 1 is 1.00 bits per heavy atom. The highest BCUT2D eigenvalue weighted by atomic mass is 15.2. The van der Waals surface area contributed by atoms with Crippen molar-refractivity contribution in [1.29, 1.82) is 0 Å². The molecule has 3 nitrogen and oxygen atoms in total. The molecule has 0 saturated heterocycles. The molecular formula is C14H23N3. The van der Waals surface area contributed by atoms with E-state index in [0.29, 0.717) is 12.0 Å². The normalized spacial score (nSPS) is 23.3. The summed E-state index contributed by atoms with van der Waals surface area (Å²) in [5, 5.41) is 0. The van der Waals surface area contributed by atoms with Gasteiger partial charge in [0.25, 0.3) is 0 Å². The number of anilines is 1. The van der Waals surface area contributed by atoms with Crippen molar-refractivity contribution in [2.45, 2.75) is 69.7 Å². The summed E-state index contributed by atoms with van der Waals surface area (Å²) in [6.07, 6.45) is 14.0. The highest BCUT2D eigenvalue weighted by Crippen LogP contribution is 2.40. The predicted octanol–water partition coefficient (Wildman–Crippen LogP) is 3.63. The van der Waals surface area contributed by atoms with E-state index < -0.39 is 0 Å². The van der Waals surface area contributed by atoms with Crippen molar-refractivity contribution in [2.75, 3.05) is 5.73 Å². The summed E-state index contributed by atoms with van der Waals surface area (Å²) >= 11 is 0. The molecule has 2 saturated carbocycles. The van der Waals surface area contributed by atoms with Gasteiger partial charge in [-0.3, -0.25) is 0 Å². The van der Waals surface area contributed by atoms with Gasteiger partial charge < -0.3 is 10.3 Å². The molecule has 0 atom stereocenters. The van der Waals surface area contributed by atoms with Gasteiger partial charge in [-0.25, -0.2) is 4.98 Å². The number of imidazole rings is 1. The summed E-state index contributed by atoms with van der Waals surface area (Å²) in [7, 11) is 0. The summed E-state index contributed by atoms with van der Waals surface area (Å²) in [5.74, 6) is 1.58. The minimum Gasteiger partial charge on any atom is -0.384 e. The van der Waals surface area contributed by atoms with Gasteiger partial charge in [-0.1, -0.05) is 32.1 Å². The molecule has 0 amide bonds. The fraction of sp³-hybridized carbons (Fsp3) is 0.786. The number of rotatable bonds is 2. The number of nitrogen functional groups attached to an aromatic ring is 1. The van der Waals surface area contributed by atoms with Crippen LogP contribution in [0.15, 0.2) is 6.33 Å². The first kappa shape index (κ1) is 11.1. The van der Waals surface area contributed by atoms with Crippen LogP contribution in [0.1, 0.15) is 75.4 Å². The van der Waals surface area contributed by atoms with Gasteiger partial charge in [0.15, 0.2) is 0 Å². The lowest BCUT2D eigenvalue weighted by Crippen LogP contribution is -2.07. The Morgan fingerprint density at radius 2 is 1.65 bits per heavy atom. The molecule has 0 bridgehead atoms. The van der Waals surface area contributed by atoms with Crippen molar-refractivity contribution in [1.82, 2.24) is 9.55 Å². The second kappa shape index (κ2) is 4.71. The van der Waals surface area contributed by atoms with E-state index in [0.717, 1.165) is 5.82 Å². The van der Waals surface area contributed by atoms with E-state index in [1.54, 1.807) is 0 Å². The predicted molar refractivity (Wildman–Crippen MR) is 70.0 cm³/mol. The lowest BCUT2D eigenvalue weighted by Gasteiger charge is -2.18. The van der Waals surface area contributed by atoms with E-state index in [2.05, 4.69) is 9.55 Å². The first-order valence-electron chi connectivity index (χ1n) is 7.18. The zero-order valence-corrected chi connectivity index (χ0v) is 10.6. The van der Waals surface area contributed by atoms with Crippen LogP contribution >= 0.6 is 0 Å². The Kier molecular flexibility index (Phi) is 3.08. The molecule has 3 heteroatoms. The molecule has 3 rings (SSSR count). The highest BCUT2D eigenvalue weighted by Gasteiger charge is 2.28. The highest BCUT2D eigenvalue weighted by molar-refractivity contribution is 5.39. The van der Waals surface area contributed by atoms with Gasteiger partial charge in [-0.2, -0.15) is 0 Å². The lowest BCUT2D eigenvalue weighted by molar-refractivity contribution is 0.451. The van der Waals surface area contributed by atoms with Gasteiger partial charge >= 0.3 is 0 Å². The lowest BCUT2D eigenvalue weighted by atomic mass is 9.89. The molecule has 1 heterocycles. The van der Waals surface area contributed by atoms with Gasteiger partial charge in [0.1, 0.15) is 5.82 Å². The van der Waals surface area contributed by atoms with Crippen molar-refractivity contribution >= 4 is 5.82 Å². The van der Waals surface area contributed by atoms with Gasteiger partial charge in [-0.15, -0.1) is 0 Å². The number of hydrogen-bond donors (Lipinski definition) is 1. The van der Waals surface area contributed by atoms with E-state index in [1.807, 2.05) is 6.33 Å². The zero-order valence-electron chi connectivity index (χ0n) is 10.6. The van der Waals surface area contributed by atoms with E-state index in [-0.39, 0.29) is 0 Å². The van der Waals surface area contributed by atoms with Crippen LogP contribution in [0, 0.1) is 0 Å². The van der Waals surface area contributed by atoms with Gasteiger partial charge in [-0.05, 0) is 25.7 Å². The summed E-state index contributed by atoms with van der Waals surface area (Å²) < 4.78 is 2.20. The van der Waals surface area contributed by atoms with E-state index in [4.69, 9.17) is 5.73 Å². The molecule has 17 heavy (non-hydrogen) atoms. The smallest absolute Gasteiger partial charge is 0.127 e. The SMILES string of the molecule is Nc1c(C2CCCCCCC2)ncn1C1CC1. The van der Waals surface area contributed by atoms with Gasteiger partial charge in [0.05, 0.1) is 12.0 Å².